The van der Waals surface area contributed by atoms with Crippen LogP contribution in [0.25, 0.3) is 0 Å². The molecule has 0 unspecified atom stereocenters. The lowest BCUT2D eigenvalue weighted by Crippen LogP contribution is -2.48. The number of likely N-dealkylation sites (tertiary alicyclic amines) is 1. The summed E-state index contributed by atoms with van der Waals surface area (Å²) in [6.07, 6.45) is 4.26. The summed E-state index contributed by atoms with van der Waals surface area (Å²) in [6.45, 7) is 15.4. The van der Waals surface area contributed by atoms with Gasteiger partial charge < -0.3 is 15.4 Å². The molecule has 5 heteroatoms. The van der Waals surface area contributed by atoms with E-state index in [1.165, 1.54) is 5.56 Å². The number of piperidine rings is 1. The summed E-state index contributed by atoms with van der Waals surface area (Å²) in [5.41, 5.74) is 2.36. The van der Waals surface area contributed by atoms with Crippen molar-refractivity contribution < 1.29 is 4.74 Å². The smallest absolute Gasteiger partial charge is 0.191 e. The fourth-order valence-corrected chi connectivity index (χ4v) is 3.25. The molecule has 1 fully saturated rings. The summed E-state index contributed by atoms with van der Waals surface area (Å²) in [5, 5.41) is 6.97. The summed E-state index contributed by atoms with van der Waals surface area (Å²) in [7, 11) is 0. The Kier molecular flexibility index (Phi) is 8.48. The molecule has 2 rings (SSSR count). The molecular weight excluding hydrogens is 324 g/mol. The molecule has 26 heavy (non-hydrogen) atoms. The number of rotatable bonds is 8. The van der Waals surface area contributed by atoms with Crippen LogP contribution in [0.3, 0.4) is 0 Å². The van der Waals surface area contributed by atoms with E-state index in [0.29, 0.717) is 19.2 Å². The molecule has 1 heterocycles. The first kappa shape index (κ1) is 20.3. The van der Waals surface area contributed by atoms with Crippen LogP contribution >= 0.6 is 0 Å². The Bertz CT molecular complexity index is 592. The van der Waals surface area contributed by atoms with Gasteiger partial charge in [0.05, 0.1) is 13.2 Å². The van der Waals surface area contributed by atoms with Gasteiger partial charge in [0.1, 0.15) is 5.75 Å². The Labute approximate surface area is 158 Å². The Morgan fingerprint density at radius 1 is 1.35 bits per heavy atom. The molecule has 1 aliphatic rings. The van der Waals surface area contributed by atoms with Gasteiger partial charge in [-0.25, -0.2) is 4.99 Å². The monoisotopic (exact) mass is 358 g/mol. The van der Waals surface area contributed by atoms with Crippen molar-refractivity contribution >= 4 is 5.96 Å². The molecule has 144 valence electrons. The molecule has 1 aliphatic heterocycles. The van der Waals surface area contributed by atoms with Gasteiger partial charge in [-0.1, -0.05) is 18.2 Å². The van der Waals surface area contributed by atoms with Gasteiger partial charge in [0, 0.05) is 32.2 Å². The maximum atomic E-state index is 5.61. The fraction of sp³-hybridized carbons (Fsp3) is 0.571. The second-order valence-electron chi connectivity index (χ2n) is 6.74. The van der Waals surface area contributed by atoms with Crippen LogP contribution in [0.1, 0.15) is 37.8 Å². The fourth-order valence-electron chi connectivity index (χ4n) is 3.25. The molecule has 2 N–H and O–H groups in total. The molecule has 5 nitrogen and oxygen atoms in total. The third kappa shape index (κ3) is 6.37. The molecule has 0 bridgehead atoms. The van der Waals surface area contributed by atoms with Gasteiger partial charge in [-0.3, -0.25) is 4.90 Å². The number of benzene rings is 1. The van der Waals surface area contributed by atoms with Crippen LogP contribution in [0.4, 0.5) is 0 Å². The SMILES string of the molecule is C=CCN1CCC(NC(=NCc2ccc(OCC)c(C)c2)NCC)CC1. The minimum atomic E-state index is 0.482. The minimum Gasteiger partial charge on any atom is -0.494 e. The Morgan fingerprint density at radius 3 is 2.73 bits per heavy atom. The first-order valence-electron chi connectivity index (χ1n) is 9.76. The van der Waals surface area contributed by atoms with E-state index in [1.807, 2.05) is 19.1 Å². The topological polar surface area (TPSA) is 48.9 Å². The molecule has 0 atom stereocenters. The molecule has 1 saturated heterocycles. The van der Waals surface area contributed by atoms with Gasteiger partial charge in [-0.2, -0.15) is 0 Å². The average molecular weight is 359 g/mol. The van der Waals surface area contributed by atoms with Crippen molar-refractivity contribution in [1.29, 1.82) is 0 Å². The third-order valence-electron chi connectivity index (χ3n) is 4.62. The van der Waals surface area contributed by atoms with E-state index < -0.39 is 0 Å². The predicted molar refractivity (Wildman–Crippen MR) is 110 cm³/mol. The highest BCUT2D eigenvalue weighted by Gasteiger charge is 2.19. The summed E-state index contributed by atoms with van der Waals surface area (Å²) >= 11 is 0. The average Bonchev–Trinajstić information content (AvgIpc) is 2.64. The third-order valence-corrected chi connectivity index (χ3v) is 4.62. The van der Waals surface area contributed by atoms with Crippen LogP contribution in [-0.4, -0.2) is 49.7 Å². The Balaban J connectivity index is 1.92. The van der Waals surface area contributed by atoms with Gasteiger partial charge in [0.15, 0.2) is 5.96 Å². The Morgan fingerprint density at radius 2 is 2.12 bits per heavy atom. The van der Waals surface area contributed by atoms with Crippen molar-refractivity contribution in [3.63, 3.8) is 0 Å². The molecular formula is C21H34N4O. The first-order valence-corrected chi connectivity index (χ1v) is 9.76. The number of guanidine groups is 1. The number of nitrogens with one attached hydrogen (secondary N) is 2. The normalized spacial score (nSPS) is 16.3. The zero-order valence-corrected chi connectivity index (χ0v) is 16.6. The van der Waals surface area contributed by atoms with Gasteiger partial charge in [-0.05, 0) is 50.8 Å². The van der Waals surface area contributed by atoms with Gasteiger partial charge in [0.2, 0.25) is 0 Å². The second kappa shape index (κ2) is 10.9. The van der Waals surface area contributed by atoms with E-state index in [-0.39, 0.29) is 0 Å². The van der Waals surface area contributed by atoms with Crippen LogP contribution in [0.2, 0.25) is 0 Å². The number of ether oxygens (including phenoxy) is 1. The standard InChI is InChI=1S/C21H34N4O/c1-5-12-25-13-10-19(11-14-25)24-21(22-6-2)23-16-18-8-9-20(26-7-3)17(4)15-18/h5,8-9,15,19H,1,6-7,10-14,16H2,2-4H3,(H2,22,23,24). The van der Waals surface area contributed by atoms with Crippen molar-refractivity contribution in [3.05, 3.63) is 42.0 Å². The van der Waals surface area contributed by atoms with Crippen molar-refractivity contribution in [1.82, 2.24) is 15.5 Å². The highest BCUT2D eigenvalue weighted by Crippen LogP contribution is 2.19. The molecule has 1 aromatic carbocycles. The zero-order valence-electron chi connectivity index (χ0n) is 16.6. The van der Waals surface area contributed by atoms with Crippen LogP contribution < -0.4 is 15.4 Å². The maximum Gasteiger partial charge on any atom is 0.191 e. The van der Waals surface area contributed by atoms with Crippen molar-refractivity contribution in [3.8, 4) is 5.75 Å². The van der Waals surface area contributed by atoms with E-state index in [4.69, 9.17) is 9.73 Å². The molecule has 0 aromatic heterocycles. The molecule has 0 saturated carbocycles. The summed E-state index contributed by atoms with van der Waals surface area (Å²) in [5.74, 6) is 1.86. The van der Waals surface area contributed by atoms with E-state index in [9.17, 15) is 0 Å². The number of aliphatic imine (C=N–C) groups is 1. The van der Waals surface area contributed by atoms with E-state index in [2.05, 4.69) is 48.1 Å². The minimum absolute atomic E-state index is 0.482. The van der Waals surface area contributed by atoms with Crippen LogP contribution in [0.5, 0.6) is 5.75 Å². The molecule has 1 aromatic rings. The van der Waals surface area contributed by atoms with Crippen LogP contribution in [-0.2, 0) is 6.54 Å². The number of hydrogen-bond acceptors (Lipinski definition) is 3. The van der Waals surface area contributed by atoms with Crippen LogP contribution in [0, 0.1) is 6.92 Å². The van der Waals surface area contributed by atoms with Crippen LogP contribution in [0.15, 0.2) is 35.8 Å². The number of hydrogen-bond donors (Lipinski definition) is 2. The molecule has 0 aliphatic carbocycles. The highest BCUT2D eigenvalue weighted by atomic mass is 16.5. The summed E-state index contributed by atoms with van der Waals surface area (Å²) < 4.78 is 5.61. The van der Waals surface area contributed by atoms with E-state index in [0.717, 1.165) is 56.3 Å². The van der Waals surface area contributed by atoms with E-state index >= 15 is 0 Å². The summed E-state index contributed by atoms with van der Waals surface area (Å²) in [6, 6.07) is 6.78. The van der Waals surface area contributed by atoms with Gasteiger partial charge in [-0.15, -0.1) is 6.58 Å². The lowest BCUT2D eigenvalue weighted by atomic mass is 10.1. The maximum absolute atomic E-state index is 5.61. The van der Waals surface area contributed by atoms with Crippen molar-refractivity contribution in [2.45, 2.75) is 46.2 Å². The highest BCUT2D eigenvalue weighted by molar-refractivity contribution is 5.80. The van der Waals surface area contributed by atoms with E-state index in [1.54, 1.807) is 0 Å². The lowest BCUT2D eigenvalue weighted by Gasteiger charge is -2.32. The summed E-state index contributed by atoms with van der Waals surface area (Å²) in [4.78, 5) is 7.22. The molecule has 0 spiro atoms. The zero-order chi connectivity index (χ0) is 18.8. The second-order valence-corrected chi connectivity index (χ2v) is 6.74. The quantitative estimate of drug-likeness (QED) is 0.426. The lowest BCUT2D eigenvalue weighted by molar-refractivity contribution is 0.225. The Hall–Kier alpha value is -2.01. The molecule has 0 radical (unpaired) electrons. The largest absolute Gasteiger partial charge is 0.494 e. The van der Waals surface area contributed by atoms with Gasteiger partial charge >= 0.3 is 0 Å². The van der Waals surface area contributed by atoms with Crippen molar-refractivity contribution in [2.24, 2.45) is 4.99 Å². The first-order chi connectivity index (χ1) is 12.7. The number of aryl methyl sites for hydroxylation is 1. The molecule has 0 amide bonds. The number of nitrogens with zero attached hydrogens (tertiary/aromatic N) is 2. The van der Waals surface area contributed by atoms with Gasteiger partial charge in [0.25, 0.3) is 0 Å². The predicted octanol–water partition coefficient (Wildman–Crippen LogP) is 3.10. The van der Waals surface area contributed by atoms with Crippen molar-refractivity contribution in [2.75, 3.05) is 32.8 Å².